The fourth-order valence-electron chi connectivity index (χ4n) is 0.316. The van der Waals surface area contributed by atoms with E-state index in [1.165, 1.54) is 0 Å². The highest BCUT2D eigenvalue weighted by Gasteiger charge is 2.32. The van der Waals surface area contributed by atoms with Gasteiger partial charge in [-0.25, -0.2) is 0 Å². The molecule has 0 saturated carbocycles. The maximum Gasteiger partial charge on any atom is 0.230 e. The first-order valence-corrected chi connectivity index (χ1v) is 4.27. The minimum absolute atomic E-state index is 0.0434. The lowest BCUT2D eigenvalue weighted by molar-refractivity contribution is 0.0571. The summed E-state index contributed by atoms with van der Waals surface area (Å²) in [6, 6.07) is 0. The van der Waals surface area contributed by atoms with Crippen molar-refractivity contribution < 1.29 is 4.74 Å². The molecular weight excluding hydrogens is 218 g/mol. The predicted molar refractivity (Wildman–Crippen MR) is 46.2 cm³/mol. The Morgan fingerprint density at radius 2 is 1.60 bits per heavy atom. The molecule has 5 heteroatoms. The summed E-state index contributed by atoms with van der Waals surface area (Å²) in [6.45, 7) is 3.62. The Balaban J connectivity index is 3.73. The van der Waals surface area contributed by atoms with Gasteiger partial charge in [0.15, 0.2) is 5.56 Å². The Kier molecular flexibility index (Phi) is 4.69. The molecule has 1 nitrogen and oxygen atoms in total. The molecule has 0 amide bonds. The van der Waals surface area contributed by atoms with Crippen LogP contribution in [0, 0.1) is 0 Å². The average Bonchev–Trinajstić information content (AvgIpc) is 1.60. The molecule has 0 bridgehead atoms. The van der Waals surface area contributed by atoms with Crippen molar-refractivity contribution in [3.05, 3.63) is 0 Å². The zero-order chi connectivity index (χ0) is 8.36. The van der Waals surface area contributed by atoms with Crippen LogP contribution in [0.1, 0.15) is 13.8 Å². The fourth-order valence-corrected chi connectivity index (χ4v) is 0.676. The highest BCUT2D eigenvalue weighted by atomic mass is 35.6. The maximum atomic E-state index is 5.53. The summed E-state index contributed by atoms with van der Waals surface area (Å²) < 4.78 is 3.43. The van der Waals surface area contributed by atoms with Crippen molar-refractivity contribution in [3.63, 3.8) is 0 Å². The van der Waals surface area contributed by atoms with Crippen molar-refractivity contribution in [2.24, 2.45) is 0 Å². The van der Waals surface area contributed by atoms with E-state index in [1.54, 1.807) is 0 Å². The van der Waals surface area contributed by atoms with Gasteiger partial charge in [-0.15, -0.1) is 0 Å². The second-order valence-corrected chi connectivity index (χ2v) is 4.81. The van der Waals surface area contributed by atoms with E-state index in [2.05, 4.69) is 0 Å². The molecule has 0 rings (SSSR count). The van der Waals surface area contributed by atoms with E-state index in [4.69, 9.17) is 51.1 Å². The van der Waals surface area contributed by atoms with Crippen LogP contribution in [0.4, 0.5) is 0 Å². The number of halogens is 4. The smallest absolute Gasteiger partial charge is 0.230 e. The van der Waals surface area contributed by atoms with E-state index in [0.717, 1.165) is 0 Å². The van der Waals surface area contributed by atoms with Gasteiger partial charge in [-0.1, -0.05) is 46.4 Å². The van der Waals surface area contributed by atoms with Crippen LogP contribution in [0.5, 0.6) is 0 Å². The lowest BCUT2D eigenvalue weighted by Gasteiger charge is -2.20. The molecule has 0 heterocycles. The van der Waals surface area contributed by atoms with E-state index in [1.807, 2.05) is 13.8 Å². The van der Waals surface area contributed by atoms with Gasteiger partial charge in [-0.05, 0) is 13.8 Å². The Morgan fingerprint density at radius 1 is 1.20 bits per heavy atom. The van der Waals surface area contributed by atoms with Crippen LogP contribution in [-0.2, 0) is 4.74 Å². The van der Waals surface area contributed by atoms with E-state index in [-0.39, 0.29) is 6.10 Å². The first-order chi connectivity index (χ1) is 4.34. The quantitative estimate of drug-likeness (QED) is 0.656. The van der Waals surface area contributed by atoms with Crippen LogP contribution < -0.4 is 0 Å². The maximum absolute atomic E-state index is 5.53. The normalized spacial score (nSPS) is 15.9. The molecule has 0 radical (unpaired) electrons. The number of hydrogen-bond acceptors (Lipinski definition) is 1. The largest absolute Gasteiger partial charge is 0.355 e. The van der Waals surface area contributed by atoms with Gasteiger partial charge in [0.1, 0.15) is 0 Å². The monoisotopic (exact) mass is 224 g/mol. The minimum atomic E-state index is -1.55. The molecular formula is C5H8Cl4O. The van der Waals surface area contributed by atoms with E-state index in [0.29, 0.717) is 0 Å². The van der Waals surface area contributed by atoms with Crippen LogP contribution in [0.3, 0.4) is 0 Å². The molecule has 62 valence electrons. The summed E-state index contributed by atoms with van der Waals surface area (Å²) in [5.41, 5.74) is -0.891. The van der Waals surface area contributed by atoms with Gasteiger partial charge in [0.2, 0.25) is 3.79 Å². The fraction of sp³-hybridized carbons (Fsp3) is 1.00. The van der Waals surface area contributed by atoms with Gasteiger partial charge >= 0.3 is 0 Å². The Labute approximate surface area is 80.5 Å². The molecule has 0 fully saturated rings. The molecule has 0 aliphatic rings. The SMILES string of the molecule is CC(C)OC(Cl)C(Cl)(Cl)Cl. The first-order valence-electron chi connectivity index (χ1n) is 2.70. The Hall–Kier alpha value is 1.12. The molecule has 0 saturated heterocycles. The summed E-state index contributed by atoms with van der Waals surface area (Å²) in [7, 11) is 0. The molecule has 0 aliphatic heterocycles. The third kappa shape index (κ3) is 4.86. The van der Waals surface area contributed by atoms with E-state index < -0.39 is 9.36 Å². The predicted octanol–water partition coefficient (Wildman–Crippen LogP) is 3.35. The molecule has 0 spiro atoms. The van der Waals surface area contributed by atoms with Gasteiger partial charge in [0.05, 0.1) is 6.10 Å². The number of ether oxygens (including phenoxy) is 1. The zero-order valence-electron chi connectivity index (χ0n) is 5.57. The van der Waals surface area contributed by atoms with E-state index >= 15 is 0 Å². The second-order valence-electron chi connectivity index (χ2n) is 2.04. The standard InChI is InChI=1S/C5H8Cl4O/c1-3(2)10-4(6)5(7,8)9/h3-4H,1-2H3. The lowest BCUT2D eigenvalue weighted by atomic mass is 10.5. The molecule has 1 unspecified atom stereocenters. The number of hydrogen-bond donors (Lipinski definition) is 0. The van der Waals surface area contributed by atoms with Crippen LogP contribution in [0.2, 0.25) is 0 Å². The molecule has 0 aromatic rings. The molecule has 0 N–H and O–H groups in total. The molecule has 1 atom stereocenters. The van der Waals surface area contributed by atoms with Gasteiger partial charge < -0.3 is 4.74 Å². The highest BCUT2D eigenvalue weighted by molar-refractivity contribution is 6.70. The summed E-state index contributed by atoms with van der Waals surface area (Å²) in [5, 5.41) is 0. The van der Waals surface area contributed by atoms with Crippen molar-refractivity contribution in [2.75, 3.05) is 0 Å². The van der Waals surface area contributed by atoms with Gasteiger partial charge in [-0.2, -0.15) is 0 Å². The minimum Gasteiger partial charge on any atom is -0.355 e. The number of rotatable bonds is 2. The second kappa shape index (κ2) is 4.22. The Morgan fingerprint density at radius 3 is 1.70 bits per heavy atom. The molecule has 0 aliphatic carbocycles. The van der Waals surface area contributed by atoms with Gasteiger partial charge in [-0.3, -0.25) is 0 Å². The van der Waals surface area contributed by atoms with Crippen LogP contribution in [0.15, 0.2) is 0 Å². The van der Waals surface area contributed by atoms with Gasteiger partial charge in [0.25, 0.3) is 0 Å². The average molecular weight is 226 g/mol. The first kappa shape index (κ1) is 11.1. The van der Waals surface area contributed by atoms with Crippen LogP contribution in [-0.4, -0.2) is 15.5 Å². The topological polar surface area (TPSA) is 9.23 Å². The third-order valence-electron chi connectivity index (χ3n) is 0.649. The van der Waals surface area contributed by atoms with Crippen LogP contribution in [0.25, 0.3) is 0 Å². The zero-order valence-corrected chi connectivity index (χ0v) is 8.60. The van der Waals surface area contributed by atoms with Crippen LogP contribution >= 0.6 is 46.4 Å². The van der Waals surface area contributed by atoms with Crippen molar-refractivity contribution in [1.29, 1.82) is 0 Å². The van der Waals surface area contributed by atoms with Crippen molar-refractivity contribution in [1.82, 2.24) is 0 Å². The summed E-state index contributed by atoms with van der Waals surface area (Å²) >= 11 is 21.7. The third-order valence-corrected chi connectivity index (χ3v) is 2.01. The summed E-state index contributed by atoms with van der Waals surface area (Å²) in [6.07, 6.45) is -0.0434. The summed E-state index contributed by atoms with van der Waals surface area (Å²) in [5.74, 6) is 0. The number of alkyl halides is 4. The Bertz CT molecular complexity index is 98.3. The molecule has 0 aromatic heterocycles. The molecule has 10 heavy (non-hydrogen) atoms. The van der Waals surface area contributed by atoms with Crippen molar-refractivity contribution in [3.8, 4) is 0 Å². The summed E-state index contributed by atoms with van der Waals surface area (Å²) in [4.78, 5) is 0. The highest BCUT2D eigenvalue weighted by Crippen LogP contribution is 2.34. The lowest BCUT2D eigenvalue weighted by Crippen LogP contribution is -2.25. The van der Waals surface area contributed by atoms with Crippen molar-refractivity contribution >= 4 is 46.4 Å². The van der Waals surface area contributed by atoms with E-state index in [9.17, 15) is 0 Å². The molecule has 0 aromatic carbocycles. The van der Waals surface area contributed by atoms with Gasteiger partial charge in [0, 0.05) is 0 Å². The van der Waals surface area contributed by atoms with Crippen molar-refractivity contribution in [2.45, 2.75) is 29.3 Å².